The molecule has 2 unspecified atom stereocenters. The molecule has 18 heavy (non-hydrogen) atoms. The van der Waals surface area contributed by atoms with Crippen molar-refractivity contribution in [2.75, 3.05) is 6.54 Å². The van der Waals surface area contributed by atoms with Crippen LogP contribution in [0, 0.1) is 0 Å². The highest BCUT2D eigenvalue weighted by Gasteiger charge is 2.26. The fourth-order valence-corrected chi connectivity index (χ4v) is 3.00. The van der Waals surface area contributed by atoms with E-state index in [-0.39, 0.29) is 0 Å². The van der Waals surface area contributed by atoms with Crippen molar-refractivity contribution in [1.29, 1.82) is 0 Å². The van der Waals surface area contributed by atoms with Crippen LogP contribution in [0.15, 0.2) is 30.5 Å². The lowest BCUT2D eigenvalue weighted by Gasteiger charge is -2.14. The van der Waals surface area contributed by atoms with E-state index in [2.05, 4.69) is 46.3 Å². The normalized spacial score (nSPS) is 23.8. The highest BCUT2D eigenvalue weighted by Crippen LogP contribution is 2.31. The Hall–Kier alpha value is -1.35. The lowest BCUT2D eigenvalue weighted by molar-refractivity contribution is 0.452. The molecule has 1 aliphatic rings. The van der Waals surface area contributed by atoms with Crippen LogP contribution in [0.2, 0.25) is 0 Å². The van der Waals surface area contributed by atoms with E-state index in [0.29, 0.717) is 12.1 Å². The van der Waals surface area contributed by atoms with E-state index in [1.54, 1.807) is 0 Å². The van der Waals surface area contributed by atoms with Crippen LogP contribution in [0.3, 0.4) is 0 Å². The average molecular weight is 243 g/mol. The Kier molecular flexibility index (Phi) is 3.33. The Balaban J connectivity index is 1.76. The summed E-state index contributed by atoms with van der Waals surface area (Å²) in [5.41, 5.74) is 1.28. The van der Waals surface area contributed by atoms with E-state index in [4.69, 9.17) is 0 Å². The molecule has 0 amide bonds. The molecule has 3 heteroatoms. The largest absolute Gasteiger partial charge is 0.314 e. The number of rotatable bonds is 4. The third kappa shape index (κ3) is 2.15. The Morgan fingerprint density at radius 1 is 1.33 bits per heavy atom. The minimum atomic E-state index is 0.569. The predicted molar refractivity (Wildman–Crippen MR) is 74.7 cm³/mol. The Morgan fingerprint density at radius 3 is 3.11 bits per heavy atom. The number of aromatic nitrogens is 2. The van der Waals surface area contributed by atoms with Crippen LogP contribution in [0.25, 0.3) is 10.9 Å². The fourth-order valence-electron chi connectivity index (χ4n) is 3.00. The molecule has 0 saturated heterocycles. The number of hydrogen-bond acceptors (Lipinski definition) is 2. The van der Waals surface area contributed by atoms with Crippen LogP contribution < -0.4 is 5.32 Å². The van der Waals surface area contributed by atoms with Gasteiger partial charge in [0.25, 0.3) is 0 Å². The van der Waals surface area contributed by atoms with Gasteiger partial charge in [0.2, 0.25) is 0 Å². The topological polar surface area (TPSA) is 29.9 Å². The van der Waals surface area contributed by atoms with Gasteiger partial charge < -0.3 is 5.32 Å². The van der Waals surface area contributed by atoms with Crippen molar-refractivity contribution in [3.05, 3.63) is 30.5 Å². The van der Waals surface area contributed by atoms with Gasteiger partial charge >= 0.3 is 0 Å². The predicted octanol–water partition coefficient (Wildman–Crippen LogP) is 3.13. The Morgan fingerprint density at radius 2 is 2.22 bits per heavy atom. The van der Waals surface area contributed by atoms with E-state index in [1.165, 1.54) is 36.6 Å². The zero-order valence-corrected chi connectivity index (χ0v) is 11.0. The second-order valence-electron chi connectivity index (χ2n) is 5.27. The lowest BCUT2D eigenvalue weighted by Crippen LogP contribution is -2.27. The summed E-state index contributed by atoms with van der Waals surface area (Å²) in [6, 6.07) is 9.74. The Labute approximate surface area is 108 Å². The second kappa shape index (κ2) is 5.11. The molecule has 0 spiro atoms. The standard InChI is InChI=1S/C15H21N3/c1-2-9-16-13-7-8-14(10-13)18-15-6-4-3-5-12(15)11-17-18/h3-6,11,13-14,16H,2,7-10H2,1H3. The van der Waals surface area contributed by atoms with E-state index >= 15 is 0 Å². The van der Waals surface area contributed by atoms with Gasteiger partial charge in [-0.25, -0.2) is 0 Å². The molecule has 1 fully saturated rings. The van der Waals surface area contributed by atoms with E-state index < -0.39 is 0 Å². The van der Waals surface area contributed by atoms with Gasteiger partial charge in [-0.15, -0.1) is 0 Å². The monoisotopic (exact) mass is 243 g/mol. The Bertz CT molecular complexity index is 517. The van der Waals surface area contributed by atoms with Gasteiger partial charge in [-0.1, -0.05) is 25.1 Å². The minimum absolute atomic E-state index is 0.569. The summed E-state index contributed by atoms with van der Waals surface area (Å²) >= 11 is 0. The number of nitrogens with zero attached hydrogens (tertiary/aromatic N) is 2. The van der Waals surface area contributed by atoms with Crippen molar-refractivity contribution in [3.8, 4) is 0 Å². The molecule has 3 rings (SSSR count). The van der Waals surface area contributed by atoms with Crippen molar-refractivity contribution in [1.82, 2.24) is 15.1 Å². The molecule has 1 saturated carbocycles. The molecule has 2 aromatic rings. The molecule has 1 heterocycles. The molecule has 1 aromatic carbocycles. The van der Waals surface area contributed by atoms with Crippen LogP contribution in [0.5, 0.6) is 0 Å². The summed E-state index contributed by atoms with van der Waals surface area (Å²) < 4.78 is 2.23. The van der Waals surface area contributed by atoms with Crippen LogP contribution >= 0.6 is 0 Å². The molecule has 1 aliphatic carbocycles. The van der Waals surface area contributed by atoms with Gasteiger partial charge in [-0.3, -0.25) is 4.68 Å². The van der Waals surface area contributed by atoms with Crippen molar-refractivity contribution in [2.45, 2.75) is 44.7 Å². The maximum atomic E-state index is 4.58. The first-order valence-electron chi connectivity index (χ1n) is 7.04. The summed E-state index contributed by atoms with van der Waals surface area (Å²) in [6.07, 6.45) is 6.94. The number of fused-ring (bicyclic) bond motifs is 1. The van der Waals surface area contributed by atoms with E-state index in [0.717, 1.165) is 6.54 Å². The van der Waals surface area contributed by atoms with Crippen molar-refractivity contribution < 1.29 is 0 Å². The zero-order chi connectivity index (χ0) is 12.4. The highest BCUT2D eigenvalue weighted by atomic mass is 15.3. The highest BCUT2D eigenvalue weighted by molar-refractivity contribution is 5.78. The van der Waals surface area contributed by atoms with Gasteiger partial charge in [0.15, 0.2) is 0 Å². The quantitative estimate of drug-likeness (QED) is 0.894. The van der Waals surface area contributed by atoms with Crippen LogP contribution in [-0.2, 0) is 0 Å². The average Bonchev–Trinajstić information content (AvgIpc) is 3.02. The van der Waals surface area contributed by atoms with E-state index in [9.17, 15) is 0 Å². The van der Waals surface area contributed by atoms with Gasteiger partial charge in [0, 0.05) is 11.4 Å². The van der Waals surface area contributed by atoms with Crippen molar-refractivity contribution in [2.24, 2.45) is 0 Å². The number of benzene rings is 1. The second-order valence-corrected chi connectivity index (χ2v) is 5.27. The smallest absolute Gasteiger partial charge is 0.0685 e. The molecule has 0 aliphatic heterocycles. The molecule has 3 nitrogen and oxygen atoms in total. The van der Waals surface area contributed by atoms with Gasteiger partial charge in [0.05, 0.1) is 17.8 Å². The van der Waals surface area contributed by atoms with Crippen LogP contribution in [0.4, 0.5) is 0 Å². The number of nitrogens with one attached hydrogen (secondary N) is 1. The van der Waals surface area contributed by atoms with Gasteiger partial charge in [-0.2, -0.15) is 5.10 Å². The summed E-state index contributed by atoms with van der Waals surface area (Å²) in [7, 11) is 0. The first-order chi connectivity index (χ1) is 8.88. The summed E-state index contributed by atoms with van der Waals surface area (Å²) in [4.78, 5) is 0. The summed E-state index contributed by atoms with van der Waals surface area (Å²) in [5, 5.41) is 9.46. The van der Waals surface area contributed by atoms with Crippen molar-refractivity contribution >= 4 is 10.9 Å². The molecule has 0 radical (unpaired) electrons. The first-order valence-corrected chi connectivity index (χ1v) is 7.04. The first kappa shape index (κ1) is 11.7. The summed E-state index contributed by atoms with van der Waals surface area (Å²) in [6.45, 7) is 3.36. The van der Waals surface area contributed by atoms with Gasteiger partial charge in [-0.05, 0) is 38.3 Å². The molecule has 96 valence electrons. The molecule has 2 atom stereocenters. The minimum Gasteiger partial charge on any atom is -0.314 e. The molecular weight excluding hydrogens is 222 g/mol. The van der Waals surface area contributed by atoms with Crippen LogP contribution in [-0.4, -0.2) is 22.4 Å². The number of hydrogen-bond donors (Lipinski definition) is 1. The van der Waals surface area contributed by atoms with Crippen LogP contribution in [0.1, 0.15) is 38.6 Å². The fraction of sp³-hybridized carbons (Fsp3) is 0.533. The lowest BCUT2D eigenvalue weighted by atomic mass is 10.2. The zero-order valence-electron chi connectivity index (χ0n) is 11.0. The maximum Gasteiger partial charge on any atom is 0.0685 e. The third-order valence-electron chi connectivity index (χ3n) is 3.94. The SMILES string of the molecule is CCCNC1CCC(n2ncc3ccccc32)C1. The maximum absolute atomic E-state index is 4.58. The van der Waals surface area contributed by atoms with E-state index in [1.807, 2.05) is 6.20 Å². The van der Waals surface area contributed by atoms with Crippen molar-refractivity contribution in [3.63, 3.8) is 0 Å². The molecule has 1 aromatic heterocycles. The third-order valence-corrected chi connectivity index (χ3v) is 3.94. The van der Waals surface area contributed by atoms with Gasteiger partial charge in [0.1, 0.15) is 0 Å². The number of para-hydroxylation sites is 1. The molecular formula is C15H21N3. The summed E-state index contributed by atoms with van der Waals surface area (Å²) in [5.74, 6) is 0. The molecule has 1 N–H and O–H groups in total. The molecule has 0 bridgehead atoms.